The SMILES string of the molecule is CC1(O)CN(C(=O)c2nn(-c3ccc(F)c(F)c3)c3c2CCC3)C1. The highest BCUT2D eigenvalue weighted by molar-refractivity contribution is 5.95. The van der Waals surface area contributed by atoms with Gasteiger partial charge >= 0.3 is 0 Å². The van der Waals surface area contributed by atoms with Crippen LogP contribution in [0, 0.1) is 11.6 Å². The van der Waals surface area contributed by atoms with Crippen LogP contribution in [-0.2, 0) is 12.8 Å². The lowest BCUT2D eigenvalue weighted by Gasteiger charge is -2.43. The maximum Gasteiger partial charge on any atom is 0.274 e. The van der Waals surface area contributed by atoms with Gasteiger partial charge in [0.1, 0.15) is 0 Å². The van der Waals surface area contributed by atoms with E-state index in [4.69, 9.17) is 0 Å². The molecule has 24 heavy (non-hydrogen) atoms. The molecule has 0 atom stereocenters. The second kappa shape index (κ2) is 5.11. The van der Waals surface area contributed by atoms with Crippen molar-refractivity contribution in [1.82, 2.24) is 14.7 Å². The third-order valence-corrected chi connectivity index (χ3v) is 4.63. The Balaban J connectivity index is 1.73. The summed E-state index contributed by atoms with van der Waals surface area (Å²) in [6.45, 7) is 2.23. The zero-order valence-corrected chi connectivity index (χ0v) is 13.2. The molecule has 2 aliphatic rings. The van der Waals surface area contributed by atoms with Gasteiger partial charge in [-0.15, -0.1) is 0 Å². The number of fused-ring (bicyclic) bond motifs is 1. The maximum atomic E-state index is 13.5. The molecule has 1 aliphatic heterocycles. The number of carbonyl (C=O) groups excluding carboxylic acids is 1. The Morgan fingerprint density at radius 2 is 2.00 bits per heavy atom. The average Bonchev–Trinajstić information content (AvgIpc) is 3.09. The Bertz CT molecular complexity index is 837. The zero-order chi connectivity index (χ0) is 17.1. The molecule has 4 rings (SSSR count). The molecule has 2 heterocycles. The first-order chi connectivity index (χ1) is 11.4. The number of carbonyl (C=O) groups is 1. The number of rotatable bonds is 2. The molecule has 7 heteroatoms. The molecule has 0 bridgehead atoms. The van der Waals surface area contributed by atoms with Crippen LogP contribution in [0.2, 0.25) is 0 Å². The van der Waals surface area contributed by atoms with E-state index in [1.165, 1.54) is 10.7 Å². The first kappa shape index (κ1) is 15.3. The Morgan fingerprint density at radius 3 is 2.67 bits per heavy atom. The van der Waals surface area contributed by atoms with E-state index in [2.05, 4.69) is 5.10 Å². The van der Waals surface area contributed by atoms with Crippen molar-refractivity contribution in [2.24, 2.45) is 0 Å². The van der Waals surface area contributed by atoms with Gasteiger partial charge in [-0.25, -0.2) is 13.5 Å². The first-order valence-corrected chi connectivity index (χ1v) is 7.93. The molecular weight excluding hydrogens is 316 g/mol. The highest BCUT2D eigenvalue weighted by Crippen LogP contribution is 2.31. The maximum absolute atomic E-state index is 13.5. The summed E-state index contributed by atoms with van der Waals surface area (Å²) < 4.78 is 28.2. The number of aromatic nitrogens is 2. The summed E-state index contributed by atoms with van der Waals surface area (Å²) in [6.07, 6.45) is 2.38. The lowest BCUT2D eigenvalue weighted by Crippen LogP contribution is -2.61. The molecule has 126 valence electrons. The molecule has 1 aromatic heterocycles. The molecule has 5 nitrogen and oxygen atoms in total. The Labute approximate surface area is 137 Å². The number of β-amino-alcohol motifs (C(OH)–C–C–N with tert-alkyl or cyclic N) is 1. The van der Waals surface area contributed by atoms with Gasteiger partial charge in [-0.1, -0.05) is 0 Å². The average molecular weight is 333 g/mol. The van der Waals surface area contributed by atoms with Crippen LogP contribution in [0.1, 0.15) is 35.1 Å². The van der Waals surface area contributed by atoms with E-state index in [1.54, 1.807) is 11.8 Å². The van der Waals surface area contributed by atoms with Crippen LogP contribution in [0.4, 0.5) is 8.78 Å². The van der Waals surface area contributed by atoms with Crippen LogP contribution in [0.5, 0.6) is 0 Å². The molecule has 1 amide bonds. The predicted octanol–water partition coefficient (Wildman–Crippen LogP) is 1.85. The largest absolute Gasteiger partial charge is 0.386 e. The molecule has 0 saturated carbocycles. The smallest absolute Gasteiger partial charge is 0.274 e. The third-order valence-electron chi connectivity index (χ3n) is 4.63. The van der Waals surface area contributed by atoms with E-state index in [9.17, 15) is 18.7 Å². The van der Waals surface area contributed by atoms with E-state index < -0.39 is 17.2 Å². The molecule has 1 aromatic carbocycles. The van der Waals surface area contributed by atoms with E-state index in [-0.39, 0.29) is 19.0 Å². The molecule has 1 saturated heterocycles. The molecule has 1 fully saturated rings. The normalized spacial score (nSPS) is 18.4. The Morgan fingerprint density at radius 1 is 1.25 bits per heavy atom. The van der Waals surface area contributed by atoms with Crippen LogP contribution in [0.25, 0.3) is 5.69 Å². The van der Waals surface area contributed by atoms with Crippen molar-refractivity contribution in [2.45, 2.75) is 31.8 Å². The van der Waals surface area contributed by atoms with E-state index in [1.807, 2.05) is 0 Å². The van der Waals surface area contributed by atoms with Gasteiger partial charge in [0, 0.05) is 17.3 Å². The first-order valence-electron chi connectivity index (χ1n) is 7.93. The van der Waals surface area contributed by atoms with Crippen LogP contribution >= 0.6 is 0 Å². The number of amides is 1. The minimum Gasteiger partial charge on any atom is -0.386 e. The number of aliphatic hydroxyl groups is 1. The standard InChI is InChI=1S/C17H17F2N3O2/c1-17(24)8-21(9-17)16(23)15-11-3-2-4-14(11)22(20-15)10-5-6-12(18)13(19)7-10/h5-7,24H,2-4,8-9H2,1H3. The molecule has 0 spiro atoms. The quantitative estimate of drug-likeness (QED) is 0.912. The van der Waals surface area contributed by atoms with Gasteiger partial charge in [-0.05, 0) is 38.3 Å². The lowest BCUT2D eigenvalue weighted by atomic mass is 9.96. The summed E-state index contributed by atoms with van der Waals surface area (Å²) in [5, 5.41) is 14.2. The molecule has 1 aliphatic carbocycles. The van der Waals surface area contributed by atoms with Crippen LogP contribution in [-0.4, -0.2) is 44.4 Å². The van der Waals surface area contributed by atoms with Gasteiger partial charge in [0.15, 0.2) is 17.3 Å². The lowest BCUT2D eigenvalue weighted by molar-refractivity contribution is -0.0671. The monoisotopic (exact) mass is 333 g/mol. The predicted molar refractivity (Wildman–Crippen MR) is 82.0 cm³/mol. The van der Waals surface area contributed by atoms with Crippen LogP contribution in [0.3, 0.4) is 0 Å². The van der Waals surface area contributed by atoms with Crippen molar-refractivity contribution in [2.75, 3.05) is 13.1 Å². The molecule has 1 N–H and O–H groups in total. The van der Waals surface area contributed by atoms with E-state index in [0.717, 1.165) is 42.7 Å². The van der Waals surface area contributed by atoms with Crippen molar-refractivity contribution in [1.29, 1.82) is 0 Å². The van der Waals surface area contributed by atoms with Gasteiger partial charge in [0.05, 0.1) is 24.4 Å². The minimum absolute atomic E-state index is 0.221. The number of nitrogens with zero attached hydrogens (tertiary/aromatic N) is 3. The fourth-order valence-corrected chi connectivity index (χ4v) is 3.51. The molecular formula is C17H17F2N3O2. The number of hydrogen-bond acceptors (Lipinski definition) is 3. The minimum atomic E-state index is -0.943. The van der Waals surface area contributed by atoms with Crippen molar-refractivity contribution < 1.29 is 18.7 Å². The van der Waals surface area contributed by atoms with Gasteiger partial charge in [-0.2, -0.15) is 5.10 Å². The summed E-state index contributed by atoms with van der Waals surface area (Å²) in [5.74, 6) is -2.08. The summed E-state index contributed by atoms with van der Waals surface area (Å²) >= 11 is 0. The second-order valence-corrected chi connectivity index (χ2v) is 6.80. The second-order valence-electron chi connectivity index (χ2n) is 6.80. The number of halogens is 2. The summed E-state index contributed by atoms with van der Waals surface area (Å²) in [6, 6.07) is 3.60. The van der Waals surface area contributed by atoms with Crippen LogP contribution < -0.4 is 0 Å². The topological polar surface area (TPSA) is 58.4 Å². The van der Waals surface area contributed by atoms with Crippen molar-refractivity contribution in [3.8, 4) is 5.69 Å². The highest BCUT2D eigenvalue weighted by atomic mass is 19.2. The summed E-state index contributed by atoms with van der Waals surface area (Å²) in [7, 11) is 0. The zero-order valence-electron chi connectivity index (χ0n) is 13.2. The van der Waals surface area contributed by atoms with Crippen molar-refractivity contribution in [3.63, 3.8) is 0 Å². The summed E-state index contributed by atoms with van der Waals surface area (Å²) in [5.41, 5.74) is 1.65. The Hall–Kier alpha value is -2.28. The highest BCUT2D eigenvalue weighted by Gasteiger charge is 2.41. The molecule has 0 radical (unpaired) electrons. The summed E-state index contributed by atoms with van der Waals surface area (Å²) in [4.78, 5) is 14.2. The third kappa shape index (κ3) is 2.31. The fourth-order valence-electron chi connectivity index (χ4n) is 3.51. The van der Waals surface area contributed by atoms with Gasteiger partial charge in [0.25, 0.3) is 5.91 Å². The van der Waals surface area contributed by atoms with Gasteiger partial charge in [0.2, 0.25) is 0 Å². The number of hydrogen-bond donors (Lipinski definition) is 1. The van der Waals surface area contributed by atoms with Crippen molar-refractivity contribution >= 4 is 5.91 Å². The van der Waals surface area contributed by atoms with Gasteiger partial charge < -0.3 is 10.0 Å². The van der Waals surface area contributed by atoms with Crippen molar-refractivity contribution in [3.05, 3.63) is 46.8 Å². The van der Waals surface area contributed by atoms with Gasteiger partial charge in [-0.3, -0.25) is 4.79 Å². The van der Waals surface area contributed by atoms with Crippen LogP contribution in [0.15, 0.2) is 18.2 Å². The molecule has 0 unspecified atom stereocenters. The Kier molecular flexibility index (Phi) is 3.25. The van der Waals surface area contributed by atoms with E-state index >= 15 is 0 Å². The fraction of sp³-hybridized carbons (Fsp3) is 0.412. The van der Waals surface area contributed by atoms with E-state index in [0.29, 0.717) is 11.4 Å². The number of benzene rings is 1. The number of likely N-dealkylation sites (tertiary alicyclic amines) is 1. The molecule has 2 aromatic rings.